The van der Waals surface area contributed by atoms with Gasteiger partial charge in [-0.3, -0.25) is 19.7 Å². The Hall–Kier alpha value is -1.22. The van der Waals surface area contributed by atoms with Crippen molar-refractivity contribution in [2.45, 2.75) is 0 Å². The molecule has 0 aliphatic carbocycles. The topological polar surface area (TPSA) is 72.7 Å². The number of halogens is 1. The third-order valence-corrected chi connectivity index (χ3v) is 2.62. The number of nitro benzene ring substituents is 1. The molecule has 7 heteroatoms. The average Bonchev–Trinajstić information content (AvgIpc) is 2.26. The molecule has 0 heterocycles. The van der Waals surface area contributed by atoms with Gasteiger partial charge in [-0.05, 0) is 34.7 Å². The van der Waals surface area contributed by atoms with Crippen LogP contribution in [0.1, 0.15) is 10.4 Å². The zero-order valence-corrected chi connectivity index (χ0v) is 10.8. The second kappa shape index (κ2) is 5.21. The molecule has 0 saturated carbocycles. The first kappa shape index (κ1) is 12.8. The molecule has 0 radical (unpaired) electrons. The molecule has 0 unspecified atom stereocenters. The average molecular weight is 336 g/mol. The fourth-order valence-electron chi connectivity index (χ4n) is 1.09. The molecule has 1 amide bonds. The van der Waals surface area contributed by atoms with Crippen molar-refractivity contribution in [3.05, 3.63) is 37.4 Å². The van der Waals surface area contributed by atoms with Gasteiger partial charge in [0.1, 0.15) is 5.56 Å². The largest absolute Gasteiger partial charge is 0.284 e. The molecule has 0 aromatic heterocycles. The highest BCUT2D eigenvalue weighted by Crippen LogP contribution is 2.22. The summed E-state index contributed by atoms with van der Waals surface area (Å²) in [4.78, 5) is 26.6. The Balaban J connectivity index is 3.23. The molecule has 0 atom stereocenters. The maximum Gasteiger partial charge on any atom is 0.284 e. The molecule has 0 aliphatic heterocycles. The van der Waals surface area contributed by atoms with Gasteiger partial charge in [0.15, 0.2) is 0 Å². The second-order valence-electron chi connectivity index (χ2n) is 2.90. The van der Waals surface area contributed by atoms with Gasteiger partial charge in [0.2, 0.25) is 0 Å². The zero-order valence-electron chi connectivity index (χ0n) is 8.64. The molecular weight excluding hydrogens is 327 g/mol. The van der Waals surface area contributed by atoms with Crippen LogP contribution in [0.3, 0.4) is 0 Å². The summed E-state index contributed by atoms with van der Waals surface area (Å²) >= 11 is 1.94. The highest BCUT2D eigenvalue weighted by molar-refractivity contribution is 14.1. The van der Waals surface area contributed by atoms with Crippen LogP contribution in [-0.4, -0.2) is 30.1 Å². The maximum absolute atomic E-state index is 11.7. The molecule has 6 nitrogen and oxygen atoms in total. The third kappa shape index (κ3) is 2.67. The maximum atomic E-state index is 11.7. The number of hydrogen-bond acceptors (Lipinski definition) is 4. The molecule has 0 spiro atoms. The molecule has 0 bridgehead atoms. The number of carbonyl (C=O) groups is 1. The van der Waals surface area contributed by atoms with Crippen LogP contribution in [-0.2, 0) is 4.84 Å². The fraction of sp³-hybridized carbons (Fsp3) is 0.222. The van der Waals surface area contributed by atoms with E-state index in [1.54, 1.807) is 6.07 Å². The summed E-state index contributed by atoms with van der Waals surface area (Å²) in [7, 11) is 2.71. The van der Waals surface area contributed by atoms with Gasteiger partial charge in [-0.1, -0.05) is 0 Å². The number of benzene rings is 1. The molecule has 1 aromatic carbocycles. The van der Waals surface area contributed by atoms with E-state index in [-0.39, 0.29) is 11.3 Å². The summed E-state index contributed by atoms with van der Waals surface area (Å²) < 4.78 is 0.695. The molecule has 0 N–H and O–H groups in total. The molecule has 16 heavy (non-hydrogen) atoms. The van der Waals surface area contributed by atoms with Crippen LogP contribution >= 0.6 is 22.6 Å². The third-order valence-electron chi connectivity index (χ3n) is 1.95. The molecule has 0 saturated heterocycles. The number of hydroxylamine groups is 2. The number of hydrogen-bond donors (Lipinski definition) is 0. The minimum Gasteiger partial charge on any atom is -0.274 e. The lowest BCUT2D eigenvalue weighted by Gasteiger charge is -2.13. The smallest absolute Gasteiger partial charge is 0.274 e. The predicted octanol–water partition coefficient (Wildman–Crippen LogP) is 1.83. The van der Waals surface area contributed by atoms with E-state index < -0.39 is 10.8 Å². The Kier molecular flexibility index (Phi) is 4.19. The summed E-state index contributed by atoms with van der Waals surface area (Å²) in [6, 6.07) is 4.39. The van der Waals surface area contributed by atoms with E-state index >= 15 is 0 Å². The first-order chi connectivity index (χ1) is 7.47. The Morgan fingerprint density at radius 2 is 2.19 bits per heavy atom. The lowest BCUT2D eigenvalue weighted by molar-refractivity contribution is -0.385. The van der Waals surface area contributed by atoms with E-state index in [0.717, 1.165) is 5.06 Å². The Morgan fingerprint density at radius 3 is 2.69 bits per heavy atom. The van der Waals surface area contributed by atoms with Crippen molar-refractivity contribution < 1.29 is 14.6 Å². The predicted molar refractivity (Wildman–Crippen MR) is 64.9 cm³/mol. The van der Waals surface area contributed by atoms with Gasteiger partial charge in [-0.25, -0.2) is 5.06 Å². The Bertz CT molecular complexity index is 436. The van der Waals surface area contributed by atoms with Crippen molar-refractivity contribution in [1.82, 2.24) is 5.06 Å². The molecule has 0 fully saturated rings. The summed E-state index contributed by atoms with van der Waals surface area (Å²) in [6.07, 6.45) is 0. The van der Waals surface area contributed by atoms with Crippen molar-refractivity contribution in [2.75, 3.05) is 14.2 Å². The van der Waals surface area contributed by atoms with Crippen LogP contribution in [0.4, 0.5) is 5.69 Å². The van der Waals surface area contributed by atoms with Crippen molar-refractivity contribution in [3.8, 4) is 0 Å². The number of nitro groups is 1. The van der Waals surface area contributed by atoms with Crippen LogP contribution < -0.4 is 0 Å². The lowest BCUT2D eigenvalue weighted by atomic mass is 10.1. The van der Waals surface area contributed by atoms with E-state index in [2.05, 4.69) is 0 Å². The van der Waals surface area contributed by atoms with E-state index in [0.29, 0.717) is 3.57 Å². The van der Waals surface area contributed by atoms with Crippen LogP contribution in [0.5, 0.6) is 0 Å². The van der Waals surface area contributed by atoms with Crippen LogP contribution in [0.2, 0.25) is 0 Å². The van der Waals surface area contributed by atoms with Crippen molar-refractivity contribution in [1.29, 1.82) is 0 Å². The normalized spacial score (nSPS) is 9.94. The summed E-state index contributed by atoms with van der Waals surface area (Å²) in [5, 5.41) is 11.7. The van der Waals surface area contributed by atoms with Crippen molar-refractivity contribution in [3.63, 3.8) is 0 Å². The van der Waals surface area contributed by atoms with E-state index in [9.17, 15) is 14.9 Å². The fourth-order valence-corrected chi connectivity index (χ4v) is 1.56. The van der Waals surface area contributed by atoms with Gasteiger partial charge in [0, 0.05) is 16.7 Å². The van der Waals surface area contributed by atoms with Crippen molar-refractivity contribution >= 4 is 34.2 Å². The van der Waals surface area contributed by atoms with Gasteiger partial charge in [0.25, 0.3) is 11.6 Å². The highest BCUT2D eigenvalue weighted by Gasteiger charge is 2.23. The van der Waals surface area contributed by atoms with Gasteiger partial charge in [-0.15, -0.1) is 0 Å². The monoisotopic (exact) mass is 336 g/mol. The number of carbonyl (C=O) groups excluding carboxylic acids is 1. The van der Waals surface area contributed by atoms with Gasteiger partial charge < -0.3 is 0 Å². The van der Waals surface area contributed by atoms with Crippen LogP contribution in [0.25, 0.3) is 0 Å². The van der Waals surface area contributed by atoms with Crippen LogP contribution in [0, 0.1) is 13.7 Å². The van der Waals surface area contributed by atoms with Crippen LogP contribution in [0.15, 0.2) is 18.2 Å². The molecule has 86 valence electrons. The second-order valence-corrected chi connectivity index (χ2v) is 4.15. The minimum absolute atomic E-state index is 0.00904. The SMILES string of the molecule is CON(C)C(=O)c1ccc(I)cc1[N+](=O)[O-]. The first-order valence-electron chi connectivity index (χ1n) is 4.23. The minimum atomic E-state index is -0.584. The van der Waals surface area contributed by atoms with E-state index in [1.165, 1.54) is 26.3 Å². The van der Waals surface area contributed by atoms with Gasteiger partial charge in [-0.2, -0.15) is 0 Å². The number of amides is 1. The standard InChI is InChI=1S/C9H9IN2O4/c1-11(16-2)9(13)7-4-3-6(10)5-8(7)12(14)15/h3-5H,1-2H3. The Morgan fingerprint density at radius 1 is 1.56 bits per heavy atom. The van der Waals surface area contributed by atoms with E-state index in [4.69, 9.17) is 4.84 Å². The molecule has 1 aromatic rings. The van der Waals surface area contributed by atoms with E-state index in [1.807, 2.05) is 22.6 Å². The quantitative estimate of drug-likeness (QED) is 0.480. The molecular formula is C9H9IN2O4. The van der Waals surface area contributed by atoms with Crippen molar-refractivity contribution in [2.24, 2.45) is 0 Å². The summed E-state index contributed by atoms with van der Waals surface area (Å²) in [5.41, 5.74) is -0.212. The molecule has 0 aliphatic rings. The summed E-state index contributed by atoms with van der Waals surface area (Å²) in [6.45, 7) is 0. The first-order valence-corrected chi connectivity index (χ1v) is 5.31. The molecule has 1 rings (SSSR count). The number of rotatable bonds is 3. The lowest BCUT2D eigenvalue weighted by Crippen LogP contribution is -2.26. The summed E-state index contributed by atoms with van der Waals surface area (Å²) in [5.74, 6) is -0.550. The van der Waals surface area contributed by atoms with Gasteiger partial charge >= 0.3 is 0 Å². The van der Waals surface area contributed by atoms with Gasteiger partial charge in [0.05, 0.1) is 12.0 Å². The Labute approximate surface area is 105 Å². The highest BCUT2D eigenvalue weighted by atomic mass is 127. The number of nitrogens with zero attached hydrogens (tertiary/aromatic N) is 2. The zero-order chi connectivity index (χ0) is 12.3.